The summed E-state index contributed by atoms with van der Waals surface area (Å²) in [6.45, 7) is 0.333. The van der Waals surface area contributed by atoms with Gasteiger partial charge in [-0.25, -0.2) is 0 Å². The third-order valence-electron chi connectivity index (χ3n) is 4.04. The first-order valence-corrected chi connectivity index (χ1v) is 9.18. The topological polar surface area (TPSA) is 71.9 Å². The van der Waals surface area contributed by atoms with Gasteiger partial charge in [-0.05, 0) is 35.5 Å². The Kier molecular flexibility index (Phi) is 6.26. The van der Waals surface area contributed by atoms with Crippen LogP contribution in [0.5, 0.6) is 5.75 Å². The van der Waals surface area contributed by atoms with E-state index in [9.17, 15) is 4.79 Å². The minimum Gasteiger partial charge on any atom is -0.482 e. The first-order chi connectivity index (χ1) is 13.0. The Morgan fingerprint density at radius 2 is 2.04 bits per heavy atom. The average molecular weight is 403 g/mol. The van der Waals surface area contributed by atoms with Crippen LogP contribution in [0.2, 0.25) is 5.02 Å². The van der Waals surface area contributed by atoms with Crippen molar-refractivity contribution < 1.29 is 9.53 Å². The maximum Gasteiger partial charge on any atom is 0.257 e. The lowest BCUT2D eigenvalue weighted by atomic mass is 10.1. The van der Waals surface area contributed by atoms with Crippen molar-refractivity contribution in [3.05, 3.63) is 64.1 Å². The number of rotatable bonds is 7. The molecule has 0 atom stereocenters. The first kappa shape index (κ1) is 19.1. The number of H-pyrrole nitrogens is 1. The molecule has 0 spiro atoms. The number of carbonyl (C=O) groups excluding carboxylic acids is 1. The molecule has 1 heterocycles. The third-order valence-corrected chi connectivity index (χ3v) is 4.70. The van der Waals surface area contributed by atoms with Gasteiger partial charge < -0.3 is 14.6 Å². The second-order valence-electron chi connectivity index (χ2n) is 5.90. The van der Waals surface area contributed by atoms with E-state index in [1.165, 1.54) is 0 Å². The van der Waals surface area contributed by atoms with Crippen molar-refractivity contribution in [1.29, 1.82) is 0 Å². The van der Waals surface area contributed by atoms with Crippen LogP contribution in [0.1, 0.15) is 5.82 Å². The molecule has 1 amide bonds. The Balaban J connectivity index is 1.50. The standard InChI is InChI=1S/C19H19ClN4O2S/c1-24-17(22-23-19(24)27)9-10-21-18(25)12-26-16-8-7-14(11-15(16)20)13-5-3-2-4-6-13/h2-8,11H,9-10,12H2,1H3,(H,21,25)(H,23,27). The smallest absolute Gasteiger partial charge is 0.257 e. The second-order valence-corrected chi connectivity index (χ2v) is 6.70. The van der Waals surface area contributed by atoms with Gasteiger partial charge in [0.1, 0.15) is 11.6 Å². The van der Waals surface area contributed by atoms with Crippen molar-refractivity contribution in [2.75, 3.05) is 13.2 Å². The SMILES string of the molecule is Cn1c(CCNC(=O)COc2ccc(-c3ccccc3)cc2Cl)n[nH]c1=S. The highest BCUT2D eigenvalue weighted by atomic mass is 35.5. The molecule has 2 aromatic carbocycles. The molecule has 3 aromatic rings. The third kappa shape index (κ3) is 4.96. The minimum atomic E-state index is -0.227. The number of halogens is 1. The molecule has 0 bridgehead atoms. The van der Waals surface area contributed by atoms with Crippen LogP contribution in [0.3, 0.4) is 0 Å². The predicted molar refractivity (Wildman–Crippen MR) is 107 cm³/mol. The second kappa shape index (κ2) is 8.83. The van der Waals surface area contributed by atoms with E-state index < -0.39 is 0 Å². The molecule has 2 N–H and O–H groups in total. The summed E-state index contributed by atoms with van der Waals surface area (Å²) in [5.41, 5.74) is 2.06. The molecule has 0 unspecified atom stereocenters. The fraction of sp³-hybridized carbons (Fsp3) is 0.211. The molecular formula is C19H19ClN4O2S. The summed E-state index contributed by atoms with van der Waals surface area (Å²) in [6, 6.07) is 15.4. The molecule has 0 aliphatic carbocycles. The van der Waals surface area contributed by atoms with Gasteiger partial charge in [0.25, 0.3) is 5.91 Å². The van der Waals surface area contributed by atoms with Gasteiger partial charge in [0.2, 0.25) is 0 Å². The fourth-order valence-electron chi connectivity index (χ4n) is 2.54. The molecule has 3 rings (SSSR count). The summed E-state index contributed by atoms with van der Waals surface area (Å²) in [5, 5.41) is 10.1. The van der Waals surface area contributed by atoms with Gasteiger partial charge in [-0.3, -0.25) is 9.89 Å². The van der Waals surface area contributed by atoms with Crippen molar-refractivity contribution in [2.45, 2.75) is 6.42 Å². The molecule has 0 radical (unpaired) electrons. The Morgan fingerprint density at radius 1 is 1.26 bits per heavy atom. The zero-order valence-electron chi connectivity index (χ0n) is 14.7. The van der Waals surface area contributed by atoms with Gasteiger partial charge in [0, 0.05) is 20.0 Å². The van der Waals surface area contributed by atoms with E-state index in [0.717, 1.165) is 17.0 Å². The Labute approximate surface area is 167 Å². The molecule has 0 aliphatic rings. The van der Waals surface area contributed by atoms with Crippen molar-refractivity contribution in [1.82, 2.24) is 20.1 Å². The molecule has 27 heavy (non-hydrogen) atoms. The van der Waals surface area contributed by atoms with E-state index in [2.05, 4.69) is 15.5 Å². The van der Waals surface area contributed by atoms with Crippen molar-refractivity contribution >= 4 is 29.7 Å². The summed E-state index contributed by atoms with van der Waals surface area (Å²) in [7, 11) is 1.83. The summed E-state index contributed by atoms with van der Waals surface area (Å²) >= 11 is 11.3. The lowest BCUT2D eigenvalue weighted by molar-refractivity contribution is -0.123. The number of carbonyl (C=O) groups is 1. The number of nitrogens with one attached hydrogen (secondary N) is 2. The van der Waals surface area contributed by atoms with E-state index in [4.69, 9.17) is 28.6 Å². The Morgan fingerprint density at radius 3 is 2.70 bits per heavy atom. The van der Waals surface area contributed by atoms with Gasteiger partial charge >= 0.3 is 0 Å². The molecular weight excluding hydrogens is 384 g/mol. The number of aromatic amines is 1. The van der Waals surface area contributed by atoms with E-state index in [-0.39, 0.29) is 12.5 Å². The molecule has 0 fully saturated rings. The van der Waals surface area contributed by atoms with E-state index in [1.54, 1.807) is 10.6 Å². The number of nitrogens with zero attached hydrogens (tertiary/aromatic N) is 2. The highest BCUT2D eigenvalue weighted by molar-refractivity contribution is 7.71. The van der Waals surface area contributed by atoms with Crippen LogP contribution < -0.4 is 10.1 Å². The van der Waals surface area contributed by atoms with E-state index in [1.807, 2.05) is 49.5 Å². The minimum absolute atomic E-state index is 0.108. The van der Waals surface area contributed by atoms with Crippen LogP contribution in [0.25, 0.3) is 11.1 Å². The van der Waals surface area contributed by atoms with Crippen molar-refractivity contribution in [3.8, 4) is 16.9 Å². The van der Waals surface area contributed by atoms with Crippen LogP contribution in [-0.4, -0.2) is 33.8 Å². The zero-order valence-corrected chi connectivity index (χ0v) is 16.3. The molecule has 0 saturated carbocycles. The largest absolute Gasteiger partial charge is 0.482 e. The van der Waals surface area contributed by atoms with Crippen LogP contribution in [0, 0.1) is 4.77 Å². The molecule has 0 aliphatic heterocycles. The number of aromatic nitrogens is 3. The fourth-order valence-corrected chi connectivity index (χ4v) is 2.93. The monoisotopic (exact) mass is 402 g/mol. The van der Waals surface area contributed by atoms with E-state index >= 15 is 0 Å². The number of amides is 1. The Bertz CT molecular complexity index is 985. The predicted octanol–water partition coefficient (Wildman–Crippen LogP) is 3.54. The highest BCUT2D eigenvalue weighted by Gasteiger charge is 2.08. The molecule has 8 heteroatoms. The van der Waals surface area contributed by atoms with Crippen molar-refractivity contribution in [2.24, 2.45) is 7.05 Å². The van der Waals surface area contributed by atoms with Crippen molar-refractivity contribution in [3.63, 3.8) is 0 Å². The molecule has 0 saturated heterocycles. The molecule has 140 valence electrons. The summed E-state index contributed by atoms with van der Waals surface area (Å²) in [5.74, 6) is 1.02. The lowest BCUT2D eigenvalue weighted by Gasteiger charge is -2.10. The number of hydrogen-bond donors (Lipinski definition) is 2. The molecule has 1 aromatic heterocycles. The van der Waals surface area contributed by atoms with Gasteiger partial charge in [0.15, 0.2) is 11.4 Å². The van der Waals surface area contributed by atoms with Gasteiger partial charge in [-0.1, -0.05) is 48.0 Å². The number of ether oxygens (including phenoxy) is 1. The van der Waals surface area contributed by atoms with Crippen LogP contribution in [-0.2, 0) is 18.3 Å². The summed E-state index contributed by atoms with van der Waals surface area (Å²) < 4.78 is 7.85. The first-order valence-electron chi connectivity index (χ1n) is 8.39. The lowest BCUT2D eigenvalue weighted by Crippen LogP contribution is -2.31. The van der Waals surface area contributed by atoms with Gasteiger partial charge in [0.05, 0.1) is 5.02 Å². The summed E-state index contributed by atoms with van der Waals surface area (Å²) in [6.07, 6.45) is 0.571. The highest BCUT2D eigenvalue weighted by Crippen LogP contribution is 2.30. The summed E-state index contributed by atoms with van der Waals surface area (Å²) in [4.78, 5) is 12.0. The normalized spacial score (nSPS) is 10.6. The van der Waals surface area contributed by atoms with Gasteiger partial charge in [-0.2, -0.15) is 5.10 Å². The maximum absolute atomic E-state index is 12.0. The average Bonchev–Trinajstić information content (AvgIpc) is 3.00. The number of benzene rings is 2. The van der Waals surface area contributed by atoms with Crippen LogP contribution in [0.15, 0.2) is 48.5 Å². The Hall–Kier alpha value is -2.64. The van der Waals surface area contributed by atoms with Gasteiger partial charge in [-0.15, -0.1) is 0 Å². The molecule has 6 nitrogen and oxygen atoms in total. The number of hydrogen-bond acceptors (Lipinski definition) is 4. The van der Waals surface area contributed by atoms with Crippen LogP contribution >= 0.6 is 23.8 Å². The van der Waals surface area contributed by atoms with E-state index in [0.29, 0.717) is 28.5 Å². The van der Waals surface area contributed by atoms with Crippen LogP contribution in [0.4, 0.5) is 0 Å². The maximum atomic E-state index is 12.0. The quantitative estimate of drug-likeness (QED) is 0.593. The zero-order chi connectivity index (χ0) is 19.2.